The van der Waals surface area contributed by atoms with Gasteiger partial charge >= 0.3 is 11.9 Å². The number of rotatable bonds is 3. The van der Waals surface area contributed by atoms with Crippen LogP contribution in [0.3, 0.4) is 0 Å². The average Bonchev–Trinajstić information content (AvgIpc) is 2.18. The molecule has 0 saturated heterocycles. The van der Waals surface area contributed by atoms with Crippen molar-refractivity contribution in [2.24, 2.45) is 0 Å². The molecule has 1 aromatic rings. The van der Waals surface area contributed by atoms with Crippen molar-refractivity contribution >= 4 is 11.9 Å². The van der Waals surface area contributed by atoms with E-state index in [4.69, 9.17) is 5.11 Å². The first-order valence-electron chi connectivity index (χ1n) is 4.81. The Balaban J connectivity index is 0.000000325. The monoisotopic (exact) mass is 225 g/mol. The first-order chi connectivity index (χ1) is 7.56. The van der Waals surface area contributed by atoms with E-state index >= 15 is 0 Å². The third-order valence-electron chi connectivity index (χ3n) is 1.41. The summed E-state index contributed by atoms with van der Waals surface area (Å²) in [5, 5.41) is 8.33. The minimum absolute atomic E-state index is 0.000833. The summed E-state index contributed by atoms with van der Waals surface area (Å²) in [7, 11) is 0. The summed E-state index contributed by atoms with van der Waals surface area (Å²) in [5.74, 6) is -1.06. The molecule has 0 spiro atoms. The number of carbonyl (C=O) groups excluding carboxylic acids is 1. The molecule has 5 nitrogen and oxygen atoms in total. The summed E-state index contributed by atoms with van der Waals surface area (Å²) in [4.78, 5) is 23.8. The van der Waals surface area contributed by atoms with Crippen LogP contribution in [0, 0.1) is 0 Å². The SMILES string of the molecule is CCOC(C)=O.O=C(O)Cc1ccccn1. The summed E-state index contributed by atoms with van der Waals surface area (Å²) < 4.78 is 4.40. The van der Waals surface area contributed by atoms with Gasteiger partial charge in [0.15, 0.2) is 0 Å². The average molecular weight is 225 g/mol. The van der Waals surface area contributed by atoms with Gasteiger partial charge in [0.25, 0.3) is 0 Å². The van der Waals surface area contributed by atoms with Crippen LogP contribution in [0.5, 0.6) is 0 Å². The molecular formula is C11H15NO4. The van der Waals surface area contributed by atoms with Crippen LogP contribution in [0.1, 0.15) is 19.5 Å². The highest BCUT2D eigenvalue weighted by Gasteiger charge is 1.98. The van der Waals surface area contributed by atoms with Crippen molar-refractivity contribution in [2.45, 2.75) is 20.3 Å². The number of carboxylic acid groups (broad SMARTS) is 1. The lowest BCUT2D eigenvalue weighted by Gasteiger charge is -1.91. The van der Waals surface area contributed by atoms with Gasteiger partial charge in [0.1, 0.15) is 0 Å². The van der Waals surface area contributed by atoms with Crippen molar-refractivity contribution in [2.75, 3.05) is 6.61 Å². The van der Waals surface area contributed by atoms with Crippen molar-refractivity contribution < 1.29 is 19.4 Å². The smallest absolute Gasteiger partial charge is 0.309 e. The standard InChI is InChI=1S/C7H7NO2.C4H8O2/c9-7(10)5-6-3-1-2-4-8-6;1-3-6-4(2)5/h1-4H,5H2,(H,9,10);3H2,1-2H3. The van der Waals surface area contributed by atoms with E-state index in [0.717, 1.165) is 0 Å². The molecule has 5 heteroatoms. The molecule has 0 radical (unpaired) electrons. The second kappa shape index (κ2) is 8.40. The topological polar surface area (TPSA) is 76.5 Å². The highest BCUT2D eigenvalue weighted by molar-refractivity contribution is 5.69. The van der Waals surface area contributed by atoms with Crippen LogP contribution in [0.15, 0.2) is 24.4 Å². The zero-order valence-corrected chi connectivity index (χ0v) is 9.34. The van der Waals surface area contributed by atoms with Crippen LogP contribution in [0.4, 0.5) is 0 Å². The molecule has 1 N–H and O–H groups in total. The molecule has 1 rings (SSSR count). The lowest BCUT2D eigenvalue weighted by molar-refractivity contribution is -0.140. The van der Waals surface area contributed by atoms with E-state index in [1.807, 2.05) is 0 Å². The number of hydrogen-bond donors (Lipinski definition) is 1. The fraction of sp³-hybridized carbons (Fsp3) is 0.364. The van der Waals surface area contributed by atoms with Crippen LogP contribution in [0.25, 0.3) is 0 Å². The number of esters is 1. The van der Waals surface area contributed by atoms with E-state index in [2.05, 4.69) is 9.72 Å². The van der Waals surface area contributed by atoms with Gasteiger partial charge in [0.05, 0.1) is 18.7 Å². The van der Waals surface area contributed by atoms with Gasteiger partial charge in [-0.25, -0.2) is 0 Å². The van der Waals surface area contributed by atoms with Gasteiger partial charge in [-0.05, 0) is 19.1 Å². The van der Waals surface area contributed by atoms with Crippen LogP contribution >= 0.6 is 0 Å². The first kappa shape index (κ1) is 14.1. The van der Waals surface area contributed by atoms with E-state index in [1.54, 1.807) is 31.3 Å². The summed E-state index contributed by atoms with van der Waals surface area (Å²) in [6.45, 7) is 3.65. The summed E-state index contributed by atoms with van der Waals surface area (Å²) >= 11 is 0. The largest absolute Gasteiger partial charge is 0.481 e. The fourth-order valence-electron chi connectivity index (χ4n) is 0.861. The number of carbonyl (C=O) groups is 2. The molecule has 0 amide bonds. The number of aliphatic carboxylic acids is 1. The predicted octanol–water partition coefficient (Wildman–Crippen LogP) is 1.28. The number of nitrogens with zero attached hydrogens (tertiary/aromatic N) is 1. The normalized spacial score (nSPS) is 8.62. The second-order valence-corrected chi connectivity index (χ2v) is 2.82. The second-order valence-electron chi connectivity index (χ2n) is 2.82. The number of ether oxygens (including phenoxy) is 1. The van der Waals surface area contributed by atoms with Crippen molar-refractivity contribution in [3.05, 3.63) is 30.1 Å². The van der Waals surface area contributed by atoms with Gasteiger partial charge < -0.3 is 9.84 Å². The van der Waals surface area contributed by atoms with Gasteiger partial charge in [-0.15, -0.1) is 0 Å². The molecule has 88 valence electrons. The maximum atomic E-state index is 10.1. The third kappa shape index (κ3) is 8.68. The van der Waals surface area contributed by atoms with Gasteiger partial charge in [0, 0.05) is 13.1 Å². The Bertz CT molecular complexity index is 324. The highest BCUT2D eigenvalue weighted by Crippen LogP contribution is 1.93. The zero-order chi connectivity index (χ0) is 12.4. The van der Waals surface area contributed by atoms with Crippen LogP contribution in [-0.2, 0) is 20.7 Å². The molecule has 16 heavy (non-hydrogen) atoms. The molecular weight excluding hydrogens is 210 g/mol. The Hall–Kier alpha value is -1.91. The number of hydrogen-bond acceptors (Lipinski definition) is 4. The first-order valence-corrected chi connectivity index (χ1v) is 4.81. The Kier molecular flexibility index (Phi) is 7.40. The molecule has 0 aliphatic rings. The van der Waals surface area contributed by atoms with Gasteiger partial charge in [0.2, 0.25) is 0 Å². The van der Waals surface area contributed by atoms with E-state index in [9.17, 15) is 9.59 Å². The molecule has 0 aliphatic heterocycles. The Morgan fingerprint density at radius 2 is 2.12 bits per heavy atom. The predicted molar refractivity (Wildman–Crippen MR) is 57.9 cm³/mol. The van der Waals surface area contributed by atoms with Crippen LogP contribution in [-0.4, -0.2) is 28.6 Å². The quantitative estimate of drug-likeness (QED) is 0.784. The maximum Gasteiger partial charge on any atom is 0.309 e. The molecule has 0 saturated carbocycles. The molecule has 0 aromatic carbocycles. The molecule has 1 heterocycles. The Morgan fingerprint density at radius 3 is 2.44 bits per heavy atom. The minimum Gasteiger partial charge on any atom is -0.481 e. The summed E-state index contributed by atoms with van der Waals surface area (Å²) in [6.07, 6.45) is 1.58. The van der Waals surface area contributed by atoms with Crippen molar-refractivity contribution in [1.82, 2.24) is 4.98 Å². The third-order valence-corrected chi connectivity index (χ3v) is 1.41. The van der Waals surface area contributed by atoms with Crippen molar-refractivity contribution in [3.8, 4) is 0 Å². The summed E-state index contributed by atoms with van der Waals surface area (Å²) in [5.41, 5.74) is 0.593. The van der Waals surface area contributed by atoms with E-state index < -0.39 is 5.97 Å². The number of carboxylic acids is 1. The summed E-state index contributed by atoms with van der Waals surface area (Å²) in [6, 6.07) is 5.21. The van der Waals surface area contributed by atoms with Gasteiger partial charge in [-0.3, -0.25) is 14.6 Å². The number of pyridine rings is 1. The highest BCUT2D eigenvalue weighted by atomic mass is 16.5. The molecule has 0 atom stereocenters. The van der Waals surface area contributed by atoms with Gasteiger partial charge in [-0.2, -0.15) is 0 Å². The lowest BCUT2D eigenvalue weighted by atomic mass is 10.3. The molecule has 0 unspecified atom stereocenters. The Morgan fingerprint density at radius 1 is 1.44 bits per heavy atom. The van der Waals surface area contributed by atoms with Crippen molar-refractivity contribution in [1.29, 1.82) is 0 Å². The van der Waals surface area contributed by atoms with E-state index in [0.29, 0.717) is 12.3 Å². The molecule has 0 bridgehead atoms. The van der Waals surface area contributed by atoms with Crippen molar-refractivity contribution in [3.63, 3.8) is 0 Å². The molecule has 0 fully saturated rings. The lowest BCUT2D eigenvalue weighted by Crippen LogP contribution is -2.01. The van der Waals surface area contributed by atoms with Crippen LogP contribution in [0.2, 0.25) is 0 Å². The van der Waals surface area contributed by atoms with Gasteiger partial charge in [-0.1, -0.05) is 6.07 Å². The fourth-order valence-corrected chi connectivity index (χ4v) is 0.861. The zero-order valence-electron chi connectivity index (χ0n) is 9.34. The van der Waals surface area contributed by atoms with Crippen LogP contribution < -0.4 is 0 Å². The Labute approximate surface area is 94.1 Å². The van der Waals surface area contributed by atoms with E-state index in [1.165, 1.54) is 6.92 Å². The molecule has 0 aliphatic carbocycles. The number of aromatic nitrogens is 1. The minimum atomic E-state index is -0.848. The molecule has 1 aromatic heterocycles. The maximum absolute atomic E-state index is 10.1. The van der Waals surface area contributed by atoms with E-state index in [-0.39, 0.29) is 12.4 Å².